The van der Waals surface area contributed by atoms with Gasteiger partial charge in [0.2, 0.25) is 47.3 Å². The molecule has 0 unspecified atom stereocenters. The van der Waals surface area contributed by atoms with Gasteiger partial charge in [0.05, 0.1) is 19.5 Å². The van der Waals surface area contributed by atoms with E-state index < -0.39 is 176 Å². The molecule has 1 aliphatic carbocycles. The summed E-state index contributed by atoms with van der Waals surface area (Å²) in [5.41, 5.74) is 7.15. The summed E-state index contributed by atoms with van der Waals surface area (Å²) in [6.45, 7) is 19.3. The highest BCUT2D eigenvalue weighted by atomic mass is 16.6. The molecule has 1 aliphatic rings. The number of alkyl carbamates (subject to hydrolysis) is 2. The lowest BCUT2D eigenvalue weighted by molar-refractivity contribution is -0.159. The zero-order valence-electron chi connectivity index (χ0n) is 50.4. The molecule has 26 heteroatoms. The minimum absolute atomic E-state index is 0.0125. The third kappa shape index (κ3) is 24.3. The van der Waals surface area contributed by atoms with Crippen molar-refractivity contribution in [2.75, 3.05) is 32.8 Å². The van der Waals surface area contributed by atoms with Gasteiger partial charge in [0.15, 0.2) is 0 Å². The average Bonchev–Trinajstić information content (AvgIpc) is 2.11. The van der Waals surface area contributed by atoms with Crippen molar-refractivity contribution in [2.24, 2.45) is 23.5 Å². The van der Waals surface area contributed by atoms with Gasteiger partial charge >= 0.3 is 24.1 Å². The Bertz CT molecular complexity index is 2640. The van der Waals surface area contributed by atoms with E-state index in [1.165, 1.54) is 6.92 Å². The zero-order chi connectivity index (χ0) is 63.2. The molecule has 464 valence electrons. The monoisotopic (exact) mass is 1180 g/mol. The van der Waals surface area contributed by atoms with Crippen molar-refractivity contribution in [3.63, 3.8) is 0 Å². The number of fused-ring (bicyclic) bond motifs is 3. The number of rotatable bonds is 30. The lowest BCUT2D eigenvalue weighted by Crippen LogP contribution is -2.60. The van der Waals surface area contributed by atoms with Crippen LogP contribution in [0.1, 0.15) is 133 Å². The molecule has 0 spiro atoms. The Balaban J connectivity index is 1.72. The number of ether oxygens (including phenoxy) is 4. The quantitative estimate of drug-likeness (QED) is 0.0395. The van der Waals surface area contributed by atoms with E-state index in [0.717, 1.165) is 22.3 Å². The van der Waals surface area contributed by atoms with Crippen LogP contribution in [0.3, 0.4) is 0 Å². The summed E-state index contributed by atoms with van der Waals surface area (Å²) >= 11 is 0. The Morgan fingerprint density at radius 3 is 1.61 bits per heavy atom. The van der Waals surface area contributed by atoms with Gasteiger partial charge in [0.1, 0.15) is 60.7 Å². The molecule has 0 radical (unpaired) electrons. The Labute approximate surface area is 490 Å². The second kappa shape index (κ2) is 32.5. The maximum absolute atomic E-state index is 14.2. The van der Waals surface area contributed by atoms with Crippen LogP contribution in [0.25, 0.3) is 11.1 Å². The number of amides is 10. The number of benzene rings is 2. The molecule has 0 aliphatic heterocycles. The molecule has 2 aromatic carbocycles. The van der Waals surface area contributed by atoms with Gasteiger partial charge in [0.25, 0.3) is 0 Å². The summed E-state index contributed by atoms with van der Waals surface area (Å²) in [5.74, 6) is -9.56. The first-order valence-electron chi connectivity index (χ1n) is 28.0. The topological polar surface area (TPSA) is 376 Å². The number of nitrogens with one attached hydrogen (secondary N) is 9. The SMILES string of the molecule is CC(C)C[C@H](NC(=O)[C@H](CCC(=O)OCCC(=O)NC[C@H](NC(=O)OC(C)(C)C)C(=O)N[C@@H](C)C(=O)NCC(=O)NCC(N)=O)NC(=O)[C@@H](NC(=O)[C@@H](NC(=O)OCC1c2ccccc2-c2ccccc21)C(C)C)C(C)C)C(=O)OC(C)(C)C. The van der Waals surface area contributed by atoms with Crippen molar-refractivity contribution in [2.45, 2.75) is 169 Å². The molecule has 84 heavy (non-hydrogen) atoms. The Kier molecular flexibility index (Phi) is 27.1. The van der Waals surface area contributed by atoms with Crippen LogP contribution in [-0.4, -0.2) is 152 Å². The van der Waals surface area contributed by atoms with Crippen molar-refractivity contribution in [1.82, 2.24) is 47.9 Å². The molecule has 0 saturated heterocycles. The predicted octanol–water partition coefficient (Wildman–Crippen LogP) is 1.99. The van der Waals surface area contributed by atoms with Gasteiger partial charge in [-0.3, -0.25) is 43.2 Å². The first-order chi connectivity index (χ1) is 39.2. The smallest absolute Gasteiger partial charge is 0.408 e. The van der Waals surface area contributed by atoms with E-state index >= 15 is 0 Å². The van der Waals surface area contributed by atoms with Gasteiger partial charge < -0.3 is 72.5 Å². The molecule has 11 N–H and O–H groups in total. The summed E-state index contributed by atoms with van der Waals surface area (Å²) in [6, 6.07) is 7.72. The fourth-order valence-corrected chi connectivity index (χ4v) is 8.44. The number of carbonyl (C=O) groups is 12. The van der Waals surface area contributed by atoms with E-state index in [0.29, 0.717) is 0 Å². The van der Waals surface area contributed by atoms with Crippen LogP contribution in [0, 0.1) is 17.8 Å². The van der Waals surface area contributed by atoms with Crippen LogP contribution in [0.2, 0.25) is 0 Å². The molecule has 10 amide bonds. The first-order valence-corrected chi connectivity index (χ1v) is 28.0. The summed E-state index contributed by atoms with van der Waals surface area (Å²) in [5, 5.41) is 22.2. The zero-order valence-corrected chi connectivity index (χ0v) is 50.4. The summed E-state index contributed by atoms with van der Waals surface area (Å²) in [4.78, 5) is 157. The van der Waals surface area contributed by atoms with Crippen LogP contribution < -0.4 is 53.6 Å². The van der Waals surface area contributed by atoms with Gasteiger partial charge in [0, 0.05) is 18.9 Å². The van der Waals surface area contributed by atoms with Crippen LogP contribution >= 0.6 is 0 Å². The van der Waals surface area contributed by atoms with E-state index in [-0.39, 0.29) is 24.9 Å². The Hall–Kier alpha value is -8.32. The number of hydrogen-bond acceptors (Lipinski definition) is 16. The summed E-state index contributed by atoms with van der Waals surface area (Å²) < 4.78 is 21.9. The van der Waals surface area contributed by atoms with E-state index in [2.05, 4.69) is 47.9 Å². The van der Waals surface area contributed by atoms with Gasteiger partial charge in [-0.05, 0) is 101 Å². The molecular weight excluding hydrogens is 1090 g/mol. The largest absolute Gasteiger partial charge is 0.465 e. The normalized spacial score (nSPS) is 14.1. The molecule has 26 nitrogen and oxygen atoms in total. The van der Waals surface area contributed by atoms with E-state index in [1.807, 2.05) is 62.4 Å². The van der Waals surface area contributed by atoms with Crippen molar-refractivity contribution in [1.29, 1.82) is 0 Å². The maximum Gasteiger partial charge on any atom is 0.408 e. The third-order valence-corrected chi connectivity index (χ3v) is 12.5. The molecule has 6 atom stereocenters. The molecule has 2 aromatic rings. The van der Waals surface area contributed by atoms with Crippen molar-refractivity contribution >= 4 is 71.4 Å². The second-order valence-corrected chi connectivity index (χ2v) is 23.4. The Morgan fingerprint density at radius 2 is 1.06 bits per heavy atom. The van der Waals surface area contributed by atoms with Crippen LogP contribution in [-0.2, 0) is 66.9 Å². The van der Waals surface area contributed by atoms with Crippen molar-refractivity contribution in [3.8, 4) is 11.1 Å². The predicted molar refractivity (Wildman–Crippen MR) is 307 cm³/mol. The van der Waals surface area contributed by atoms with Crippen molar-refractivity contribution in [3.05, 3.63) is 59.7 Å². The number of carbonyl (C=O) groups excluding carboxylic acids is 12. The van der Waals surface area contributed by atoms with Gasteiger partial charge in [-0.15, -0.1) is 0 Å². The minimum atomic E-state index is -1.51. The first kappa shape index (κ1) is 69.9. The lowest BCUT2D eigenvalue weighted by atomic mass is 9.98. The number of primary amides is 1. The van der Waals surface area contributed by atoms with E-state index in [9.17, 15) is 57.5 Å². The number of hydrogen-bond donors (Lipinski definition) is 10. The second-order valence-electron chi connectivity index (χ2n) is 23.4. The molecule has 0 heterocycles. The van der Waals surface area contributed by atoms with Crippen LogP contribution in [0.5, 0.6) is 0 Å². The highest BCUT2D eigenvalue weighted by Crippen LogP contribution is 2.44. The summed E-state index contributed by atoms with van der Waals surface area (Å²) in [7, 11) is 0. The van der Waals surface area contributed by atoms with Gasteiger partial charge in [-0.2, -0.15) is 0 Å². The van der Waals surface area contributed by atoms with Crippen LogP contribution in [0.4, 0.5) is 9.59 Å². The Morgan fingerprint density at radius 1 is 0.524 bits per heavy atom. The molecule has 0 aromatic heterocycles. The van der Waals surface area contributed by atoms with E-state index in [1.54, 1.807) is 69.2 Å². The lowest BCUT2D eigenvalue weighted by Gasteiger charge is -2.29. The number of esters is 2. The van der Waals surface area contributed by atoms with Gasteiger partial charge in [-0.1, -0.05) is 90.1 Å². The highest BCUT2D eigenvalue weighted by Gasteiger charge is 2.36. The van der Waals surface area contributed by atoms with Crippen LogP contribution in [0.15, 0.2) is 48.5 Å². The minimum Gasteiger partial charge on any atom is -0.465 e. The van der Waals surface area contributed by atoms with Gasteiger partial charge in [-0.25, -0.2) is 14.4 Å². The van der Waals surface area contributed by atoms with Crippen molar-refractivity contribution < 1.29 is 76.5 Å². The fraction of sp³-hybridized carbons (Fsp3) is 0.586. The fourth-order valence-electron chi connectivity index (χ4n) is 8.44. The van der Waals surface area contributed by atoms with E-state index in [4.69, 9.17) is 24.7 Å². The maximum atomic E-state index is 14.2. The standard InChI is InChI=1S/C58H86N10O16/c1-31(2)26-41(54(78)83-57(8,9)10)65-50(74)40(64-52(76)47(32(3)4)67-53(77)48(33(5)6)68-55(79)82-30-39-37-20-16-14-18-35(37)36-19-15-17-21-38(36)39)22-23-46(72)81-25-24-44(70)60-27-42(66-56(80)84-58(11,12)13)51(75)63-34(7)49(73)62-29-45(71)61-28-43(59)69/h14-21,31-34,39-42,47-48H,22-30H2,1-13H3,(H2,59,69)(H,60,70)(H,61,71)(H,62,73)(H,63,75)(H,64,76)(H,65,74)(H,66,80)(H,67,77)(H,68,79)/t34-,40-,41-,42-,47-,48-/m0/s1. The molecule has 0 bridgehead atoms. The average molecular weight is 1180 g/mol. The third-order valence-electron chi connectivity index (χ3n) is 12.5. The molecule has 0 fully saturated rings. The summed E-state index contributed by atoms with van der Waals surface area (Å²) in [6.07, 6.45) is -3.11. The molecule has 0 saturated carbocycles. The highest BCUT2D eigenvalue weighted by molar-refractivity contribution is 5.96. The molecule has 3 rings (SSSR count). The number of nitrogens with two attached hydrogens (primary N) is 1. The molecular formula is C58H86N10O16.